The summed E-state index contributed by atoms with van der Waals surface area (Å²) >= 11 is 0. The van der Waals surface area contributed by atoms with Crippen molar-refractivity contribution in [3.8, 4) is 5.75 Å². The average molecular weight is 460 g/mol. The Hall–Kier alpha value is -3.33. The summed E-state index contributed by atoms with van der Waals surface area (Å²) in [6, 6.07) is 10.3. The molecule has 0 fully saturated rings. The van der Waals surface area contributed by atoms with Gasteiger partial charge in [0.1, 0.15) is 22.7 Å². The van der Waals surface area contributed by atoms with Crippen LogP contribution in [0.25, 0.3) is 11.0 Å². The molecule has 9 heteroatoms. The number of benzene rings is 2. The van der Waals surface area contributed by atoms with E-state index in [0.29, 0.717) is 35.5 Å². The molecule has 0 saturated carbocycles. The lowest BCUT2D eigenvalue weighted by Gasteiger charge is -2.23. The first kappa shape index (κ1) is 23.3. The van der Waals surface area contributed by atoms with Gasteiger partial charge in [0.15, 0.2) is 0 Å². The highest BCUT2D eigenvalue weighted by Gasteiger charge is 2.31. The van der Waals surface area contributed by atoms with Gasteiger partial charge in [-0.25, -0.2) is 17.5 Å². The minimum absolute atomic E-state index is 0.0303. The summed E-state index contributed by atoms with van der Waals surface area (Å²) in [5.74, 6) is -0.333. The normalized spacial score (nSPS) is 11.4. The summed E-state index contributed by atoms with van der Waals surface area (Å²) < 4.78 is 43.5. The maximum atomic E-state index is 13.5. The molecule has 0 aliphatic rings. The van der Waals surface area contributed by atoms with Gasteiger partial charge < -0.3 is 13.9 Å². The number of ether oxygens (including phenoxy) is 2. The quantitative estimate of drug-likeness (QED) is 0.459. The molecule has 0 unspecified atom stereocenters. The lowest BCUT2D eigenvalue weighted by atomic mass is 10.1. The molecular weight excluding hydrogens is 434 g/mol. The second-order valence-electron chi connectivity index (χ2n) is 7.02. The van der Waals surface area contributed by atoms with Crippen molar-refractivity contribution in [1.82, 2.24) is 0 Å². The van der Waals surface area contributed by atoms with Crippen molar-refractivity contribution in [3.63, 3.8) is 0 Å². The molecule has 0 aliphatic heterocycles. The van der Waals surface area contributed by atoms with Crippen LogP contribution in [0.2, 0.25) is 0 Å². The van der Waals surface area contributed by atoms with Crippen LogP contribution < -0.4 is 9.04 Å². The van der Waals surface area contributed by atoms with Crippen molar-refractivity contribution >= 4 is 38.6 Å². The maximum Gasteiger partial charge on any atom is 0.342 e. The zero-order chi connectivity index (χ0) is 23.5. The minimum atomic E-state index is -4.23. The Morgan fingerprint density at radius 3 is 2.34 bits per heavy atom. The summed E-state index contributed by atoms with van der Waals surface area (Å²) in [7, 11) is -2.98. The maximum absolute atomic E-state index is 13.5. The molecule has 3 aromatic rings. The van der Waals surface area contributed by atoms with Crippen LogP contribution in [0.4, 0.5) is 5.69 Å². The van der Waals surface area contributed by atoms with Crippen molar-refractivity contribution in [2.45, 2.75) is 38.5 Å². The molecule has 2 aromatic carbocycles. The summed E-state index contributed by atoms with van der Waals surface area (Å²) in [5.41, 5.74) is 0.675. The van der Waals surface area contributed by atoms with Gasteiger partial charge in [-0.3, -0.25) is 4.79 Å². The van der Waals surface area contributed by atoms with Crippen LogP contribution >= 0.6 is 0 Å². The Bertz CT molecular complexity index is 1240. The minimum Gasteiger partial charge on any atom is -0.494 e. The summed E-state index contributed by atoms with van der Waals surface area (Å²) in [5, 5.41) is 0.364. The molecule has 1 aromatic heterocycles. The fraction of sp³-hybridized carbons (Fsp3) is 0.304. The molecule has 8 nitrogen and oxygen atoms in total. The van der Waals surface area contributed by atoms with Crippen LogP contribution in [0.3, 0.4) is 0 Å². The zero-order valence-electron chi connectivity index (χ0n) is 18.4. The van der Waals surface area contributed by atoms with Gasteiger partial charge in [0.05, 0.1) is 24.3 Å². The standard InChI is InChI=1S/C23H25NO7S/c1-5-7-21(25)24(32(27,28)18-11-9-17(10-12-18)30-6-2)16-8-13-20-19(14-16)22(15(3)31-20)23(26)29-4/h8-14H,5-7H2,1-4H3. The smallest absolute Gasteiger partial charge is 0.342 e. The molecule has 32 heavy (non-hydrogen) atoms. The first-order valence-electron chi connectivity index (χ1n) is 10.2. The Labute approximate surface area is 186 Å². The number of methoxy groups -OCH3 is 1. The van der Waals surface area contributed by atoms with Crippen LogP contribution in [-0.4, -0.2) is 34.0 Å². The van der Waals surface area contributed by atoms with Gasteiger partial charge in [0, 0.05) is 11.8 Å². The largest absolute Gasteiger partial charge is 0.494 e. The van der Waals surface area contributed by atoms with E-state index < -0.39 is 21.9 Å². The molecule has 0 spiro atoms. The Morgan fingerprint density at radius 1 is 1.06 bits per heavy atom. The number of carbonyl (C=O) groups is 2. The molecule has 1 heterocycles. The number of aryl methyl sites for hydroxylation is 1. The van der Waals surface area contributed by atoms with Crippen molar-refractivity contribution in [3.05, 3.63) is 53.8 Å². The number of rotatable bonds is 8. The van der Waals surface area contributed by atoms with Crippen LogP contribution in [0.5, 0.6) is 5.75 Å². The van der Waals surface area contributed by atoms with Crippen LogP contribution in [-0.2, 0) is 19.6 Å². The summed E-state index contributed by atoms with van der Waals surface area (Å²) in [4.78, 5) is 25.1. The SMILES string of the molecule is CCCC(=O)N(c1ccc2oc(C)c(C(=O)OC)c2c1)S(=O)(=O)c1ccc(OCC)cc1. The topological polar surface area (TPSA) is 103 Å². The molecule has 0 radical (unpaired) electrons. The van der Waals surface area contributed by atoms with Crippen molar-refractivity contribution in [2.75, 3.05) is 18.0 Å². The Balaban J connectivity index is 2.16. The van der Waals surface area contributed by atoms with E-state index in [-0.39, 0.29) is 22.6 Å². The molecule has 0 atom stereocenters. The van der Waals surface area contributed by atoms with E-state index in [2.05, 4.69) is 0 Å². The number of sulfonamides is 1. The average Bonchev–Trinajstić information content (AvgIpc) is 3.09. The zero-order valence-corrected chi connectivity index (χ0v) is 19.2. The number of fused-ring (bicyclic) bond motifs is 1. The summed E-state index contributed by atoms with van der Waals surface area (Å²) in [6.45, 7) is 5.67. The van der Waals surface area contributed by atoms with Gasteiger partial charge in [0.2, 0.25) is 5.91 Å². The van der Waals surface area contributed by atoms with E-state index in [1.54, 1.807) is 13.8 Å². The van der Waals surface area contributed by atoms with Crippen molar-refractivity contribution in [1.29, 1.82) is 0 Å². The van der Waals surface area contributed by atoms with Crippen molar-refractivity contribution < 1.29 is 31.9 Å². The van der Waals surface area contributed by atoms with Gasteiger partial charge in [-0.1, -0.05) is 6.92 Å². The molecule has 0 saturated heterocycles. The highest BCUT2D eigenvalue weighted by molar-refractivity contribution is 7.93. The number of hydrogen-bond acceptors (Lipinski definition) is 7. The molecule has 170 valence electrons. The van der Waals surface area contributed by atoms with E-state index >= 15 is 0 Å². The van der Waals surface area contributed by atoms with E-state index in [0.717, 1.165) is 4.31 Å². The number of carbonyl (C=O) groups excluding carboxylic acids is 2. The van der Waals surface area contributed by atoms with Crippen LogP contribution in [0.15, 0.2) is 51.8 Å². The molecule has 1 amide bonds. The van der Waals surface area contributed by atoms with Crippen LogP contribution in [0.1, 0.15) is 42.8 Å². The van der Waals surface area contributed by atoms with E-state index in [1.165, 1.54) is 49.6 Å². The first-order valence-corrected chi connectivity index (χ1v) is 11.6. The molecular formula is C23H25NO7S. The third-order valence-corrected chi connectivity index (χ3v) is 6.60. The van der Waals surface area contributed by atoms with Gasteiger partial charge >= 0.3 is 5.97 Å². The molecule has 3 rings (SSSR count). The Morgan fingerprint density at radius 2 is 1.75 bits per heavy atom. The third kappa shape index (κ3) is 4.34. The number of esters is 1. The van der Waals surface area contributed by atoms with E-state index in [9.17, 15) is 18.0 Å². The fourth-order valence-corrected chi connectivity index (χ4v) is 4.84. The number of furan rings is 1. The number of nitrogens with zero attached hydrogens (tertiary/aromatic N) is 1. The van der Waals surface area contributed by atoms with Gasteiger partial charge in [-0.05, 0) is 62.7 Å². The van der Waals surface area contributed by atoms with E-state index in [1.807, 2.05) is 6.92 Å². The predicted octanol–water partition coefficient (Wildman–Crippen LogP) is 4.45. The van der Waals surface area contributed by atoms with Crippen molar-refractivity contribution in [2.24, 2.45) is 0 Å². The van der Waals surface area contributed by atoms with Gasteiger partial charge in [-0.15, -0.1) is 0 Å². The Kier molecular flexibility index (Phi) is 6.88. The molecule has 0 aliphatic carbocycles. The predicted molar refractivity (Wildman–Crippen MR) is 119 cm³/mol. The number of hydrogen-bond donors (Lipinski definition) is 0. The monoisotopic (exact) mass is 459 g/mol. The van der Waals surface area contributed by atoms with Gasteiger partial charge in [0.25, 0.3) is 10.0 Å². The lowest BCUT2D eigenvalue weighted by molar-refractivity contribution is -0.117. The van der Waals surface area contributed by atoms with E-state index in [4.69, 9.17) is 13.9 Å². The number of amides is 1. The second kappa shape index (κ2) is 9.44. The number of anilines is 1. The lowest BCUT2D eigenvalue weighted by Crippen LogP contribution is -2.36. The highest BCUT2D eigenvalue weighted by atomic mass is 32.2. The fourth-order valence-electron chi connectivity index (χ4n) is 3.40. The van der Waals surface area contributed by atoms with Gasteiger partial charge in [-0.2, -0.15) is 0 Å². The summed E-state index contributed by atoms with van der Waals surface area (Å²) in [6.07, 6.45) is 0.497. The highest BCUT2D eigenvalue weighted by Crippen LogP contribution is 2.33. The van der Waals surface area contributed by atoms with Crippen LogP contribution in [0, 0.1) is 6.92 Å². The second-order valence-corrected chi connectivity index (χ2v) is 8.81. The molecule has 0 bridgehead atoms. The third-order valence-electron chi connectivity index (χ3n) is 4.83. The first-order chi connectivity index (χ1) is 15.2. The molecule has 0 N–H and O–H groups in total.